The van der Waals surface area contributed by atoms with Crippen molar-refractivity contribution < 1.29 is 14.3 Å². The molecule has 0 aromatic heterocycles. The lowest BCUT2D eigenvalue weighted by atomic mass is 9.89. The number of nitrogens with zero attached hydrogens (tertiary/aromatic N) is 1. The zero-order valence-corrected chi connectivity index (χ0v) is 16.5. The number of halogens is 1. The van der Waals surface area contributed by atoms with E-state index >= 15 is 0 Å². The first-order valence-electron chi connectivity index (χ1n) is 9.80. The predicted molar refractivity (Wildman–Crippen MR) is 106 cm³/mol. The lowest BCUT2D eigenvalue weighted by Gasteiger charge is -2.44. The van der Waals surface area contributed by atoms with Gasteiger partial charge in [-0.2, -0.15) is 0 Å². The molecule has 2 unspecified atom stereocenters. The number of hydrogen-bond acceptors (Lipinski definition) is 3. The lowest BCUT2D eigenvalue weighted by molar-refractivity contribution is -0.151. The van der Waals surface area contributed by atoms with Crippen molar-refractivity contribution >= 4 is 29.5 Å². The molecule has 0 bridgehead atoms. The van der Waals surface area contributed by atoms with E-state index in [4.69, 9.17) is 16.3 Å². The van der Waals surface area contributed by atoms with Gasteiger partial charge in [-0.05, 0) is 49.5 Å². The van der Waals surface area contributed by atoms with Crippen LogP contribution in [-0.4, -0.2) is 41.9 Å². The highest BCUT2D eigenvalue weighted by Crippen LogP contribution is 2.33. The minimum absolute atomic E-state index is 0.0281. The Kier molecular flexibility index (Phi) is 6.78. The van der Waals surface area contributed by atoms with Crippen molar-refractivity contribution in [3.8, 4) is 0 Å². The van der Waals surface area contributed by atoms with Crippen molar-refractivity contribution in [1.82, 2.24) is 10.2 Å². The zero-order valence-electron chi connectivity index (χ0n) is 15.7. The SMILES string of the molecule is CCCCNC(=O)CN1C(=O)/C(=C\c2cccc(Cl)c2)OC2CCCCC21. The van der Waals surface area contributed by atoms with Gasteiger partial charge in [-0.25, -0.2) is 0 Å². The number of unbranched alkanes of at least 4 members (excludes halogenated alkanes) is 1. The van der Waals surface area contributed by atoms with Gasteiger partial charge in [0.15, 0.2) is 5.76 Å². The molecule has 3 rings (SSSR count). The van der Waals surface area contributed by atoms with Crippen molar-refractivity contribution in [2.75, 3.05) is 13.1 Å². The van der Waals surface area contributed by atoms with Gasteiger partial charge in [-0.1, -0.05) is 43.5 Å². The third-order valence-corrected chi connectivity index (χ3v) is 5.37. The van der Waals surface area contributed by atoms with Crippen LogP contribution < -0.4 is 5.32 Å². The maximum absolute atomic E-state index is 13.1. The molecule has 27 heavy (non-hydrogen) atoms. The van der Waals surface area contributed by atoms with Crippen molar-refractivity contribution in [3.63, 3.8) is 0 Å². The van der Waals surface area contributed by atoms with Gasteiger partial charge in [0.1, 0.15) is 12.6 Å². The fraction of sp³-hybridized carbons (Fsp3) is 0.524. The first kappa shape index (κ1) is 19.7. The largest absolute Gasteiger partial charge is 0.482 e. The molecule has 6 heteroatoms. The second-order valence-electron chi connectivity index (χ2n) is 7.21. The van der Waals surface area contributed by atoms with Gasteiger partial charge < -0.3 is 15.0 Å². The van der Waals surface area contributed by atoms with Crippen LogP contribution in [0, 0.1) is 0 Å². The first-order chi connectivity index (χ1) is 13.1. The Balaban J connectivity index is 1.79. The Morgan fingerprint density at radius 2 is 2.19 bits per heavy atom. The Morgan fingerprint density at radius 3 is 2.96 bits per heavy atom. The van der Waals surface area contributed by atoms with Gasteiger partial charge >= 0.3 is 0 Å². The second kappa shape index (κ2) is 9.27. The van der Waals surface area contributed by atoms with Gasteiger partial charge in [0.2, 0.25) is 5.91 Å². The lowest BCUT2D eigenvalue weighted by Crippen LogP contribution is -2.57. The molecule has 1 aliphatic carbocycles. The van der Waals surface area contributed by atoms with E-state index in [2.05, 4.69) is 12.2 Å². The monoisotopic (exact) mass is 390 g/mol. The van der Waals surface area contributed by atoms with Crippen molar-refractivity contribution in [1.29, 1.82) is 0 Å². The molecule has 146 valence electrons. The van der Waals surface area contributed by atoms with Gasteiger partial charge in [0, 0.05) is 11.6 Å². The Hall–Kier alpha value is -2.01. The summed E-state index contributed by atoms with van der Waals surface area (Å²) < 4.78 is 6.05. The molecular formula is C21H27ClN2O3. The number of carbonyl (C=O) groups is 2. The molecule has 0 spiro atoms. The van der Waals surface area contributed by atoms with Gasteiger partial charge in [0.25, 0.3) is 5.91 Å². The summed E-state index contributed by atoms with van der Waals surface area (Å²) in [5.41, 5.74) is 0.812. The van der Waals surface area contributed by atoms with Crippen molar-refractivity contribution in [2.24, 2.45) is 0 Å². The molecule has 1 saturated heterocycles. The van der Waals surface area contributed by atoms with Crippen molar-refractivity contribution in [2.45, 2.75) is 57.6 Å². The van der Waals surface area contributed by atoms with E-state index in [-0.39, 0.29) is 30.5 Å². The van der Waals surface area contributed by atoms with Gasteiger partial charge in [-0.3, -0.25) is 9.59 Å². The Bertz CT molecular complexity index is 719. The van der Waals surface area contributed by atoms with Crippen LogP contribution in [0.2, 0.25) is 5.02 Å². The number of nitrogens with one attached hydrogen (secondary N) is 1. The third kappa shape index (κ3) is 5.04. The smallest absolute Gasteiger partial charge is 0.289 e. The molecule has 1 aromatic rings. The van der Waals surface area contributed by atoms with E-state index in [9.17, 15) is 9.59 Å². The fourth-order valence-corrected chi connectivity index (χ4v) is 3.92. The van der Waals surface area contributed by atoms with Crippen molar-refractivity contribution in [3.05, 3.63) is 40.6 Å². The average Bonchev–Trinajstić information content (AvgIpc) is 2.65. The number of benzene rings is 1. The van der Waals surface area contributed by atoms with E-state index < -0.39 is 0 Å². The molecule has 1 saturated carbocycles. The Morgan fingerprint density at radius 1 is 1.37 bits per heavy atom. The number of carbonyl (C=O) groups excluding carboxylic acids is 2. The predicted octanol–water partition coefficient (Wildman–Crippen LogP) is 3.77. The fourth-order valence-electron chi connectivity index (χ4n) is 3.72. The molecule has 1 aliphatic heterocycles. The number of hydrogen-bond donors (Lipinski definition) is 1. The zero-order chi connectivity index (χ0) is 19.2. The quantitative estimate of drug-likeness (QED) is 0.594. The highest BCUT2D eigenvalue weighted by molar-refractivity contribution is 6.30. The van der Waals surface area contributed by atoms with Crippen LogP contribution in [0.3, 0.4) is 0 Å². The van der Waals surface area contributed by atoms with Crippen LogP contribution in [0.1, 0.15) is 51.0 Å². The number of amides is 2. The molecule has 2 fully saturated rings. The number of fused-ring (bicyclic) bond motifs is 1. The van der Waals surface area contributed by atoms with Crippen LogP contribution in [-0.2, 0) is 14.3 Å². The maximum Gasteiger partial charge on any atom is 0.289 e. The summed E-state index contributed by atoms with van der Waals surface area (Å²) >= 11 is 6.05. The Labute approximate surface area is 165 Å². The van der Waals surface area contributed by atoms with E-state index in [1.165, 1.54) is 0 Å². The summed E-state index contributed by atoms with van der Waals surface area (Å²) in [4.78, 5) is 27.1. The molecule has 2 aliphatic rings. The molecule has 1 N–H and O–H groups in total. The highest BCUT2D eigenvalue weighted by Gasteiger charge is 2.42. The minimum Gasteiger partial charge on any atom is -0.482 e. The summed E-state index contributed by atoms with van der Waals surface area (Å²) in [5.74, 6) is -0.0318. The summed E-state index contributed by atoms with van der Waals surface area (Å²) in [7, 11) is 0. The molecule has 0 radical (unpaired) electrons. The van der Waals surface area contributed by atoms with Gasteiger partial charge in [0.05, 0.1) is 6.04 Å². The van der Waals surface area contributed by atoms with E-state index in [1.807, 2.05) is 12.1 Å². The summed E-state index contributed by atoms with van der Waals surface area (Å²) in [5, 5.41) is 3.52. The topological polar surface area (TPSA) is 58.6 Å². The van der Waals surface area contributed by atoms with E-state index in [0.29, 0.717) is 17.3 Å². The molecule has 2 atom stereocenters. The highest BCUT2D eigenvalue weighted by atomic mass is 35.5. The molecule has 2 amide bonds. The van der Waals surface area contributed by atoms with E-state index in [1.54, 1.807) is 23.1 Å². The van der Waals surface area contributed by atoms with Crippen LogP contribution in [0.15, 0.2) is 30.0 Å². The summed E-state index contributed by atoms with van der Waals surface area (Å²) in [6.45, 7) is 2.81. The summed E-state index contributed by atoms with van der Waals surface area (Å²) in [6.07, 6.45) is 7.55. The molecular weight excluding hydrogens is 364 g/mol. The second-order valence-corrected chi connectivity index (χ2v) is 7.64. The number of rotatable bonds is 6. The van der Waals surface area contributed by atoms with Crippen LogP contribution in [0.4, 0.5) is 0 Å². The summed E-state index contributed by atoms with van der Waals surface area (Å²) in [6, 6.07) is 7.27. The standard InChI is InChI=1S/C21H27ClN2O3/c1-2-3-11-23-20(25)14-24-17-9-4-5-10-18(17)27-19(21(24)26)13-15-7-6-8-16(22)12-15/h6-8,12-13,17-18H,2-5,9-11,14H2,1H3,(H,23,25)/b19-13+. The molecule has 1 aromatic carbocycles. The third-order valence-electron chi connectivity index (χ3n) is 5.13. The normalized spacial score (nSPS) is 23.7. The number of morpholine rings is 1. The van der Waals surface area contributed by atoms with Crippen LogP contribution in [0.25, 0.3) is 6.08 Å². The average molecular weight is 391 g/mol. The van der Waals surface area contributed by atoms with Crippen LogP contribution >= 0.6 is 11.6 Å². The maximum atomic E-state index is 13.1. The minimum atomic E-state index is -0.219. The van der Waals surface area contributed by atoms with Gasteiger partial charge in [-0.15, -0.1) is 0 Å². The first-order valence-corrected chi connectivity index (χ1v) is 10.2. The van der Waals surface area contributed by atoms with Crippen LogP contribution in [0.5, 0.6) is 0 Å². The molecule has 1 heterocycles. The van der Waals surface area contributed by atoms with E-state index in [0.717, 1.165) is 44.1 Å². The number of ether oxygens (including phenoxy) is 1. The molecule has 5 nitrogen and oxygen atoms in total.